The van der Waals surface area contributed by atoms with Crippen molar-refractivity contribution < 1.29 is 42.7 Å². The molecule has 1 aromatic heterocycles. The molecule has 5 rings (SSSR count). The van der Waals surface area contributed by atoms with Gasteiger partial charge in [-0.05, 0) is 81.1 Å². The highest BCUT2D eigenvalue weighted by molar-refractivity contribution is 6.12. The summed E-state index contributed by atoms with van der Waals surface area (Å²) in [6.45, 7) is 15.7. The maximum atomic E-state index is 14.8. The van der Waals surface area contributed by atoms with Gasteiger partial charge in [0, 0.05) is 82.7 Å². The van der Waals surface area contributed by atoms with Gasteiger partial charge in [-0.2, -0.15) is 0 Å². The molecule has 0 unspecified atom stereocenters. The summed E-state index contributed by atoms with van der Waals surface area (Å²) in [5, 5.41) is 8.76. The number of likely N-dealkylation sites (tertiary alicyclic amines) is 1. The molecule has 0 saturated carbocycles. The van der Waals surface area contributed by atoms with Crippen molar-refractivity contribution >= 4 is 35.2 Å². The molecule has 400 valence electrons. The Morgan fingerprint density at radius 2 is 1.42 bits per heavy atom. The maximum Gasteiger partial charge on any atom is 0.253 e. The molecule has 4 amide bonds. The number of ether oxygens (including phenoxy) is 2. The molecular weight excluding hydrogens is 925 g/mol. The first kappa shape index (κ1) is 58.5. The molecule has 0 aliphatic carbocycles. The minimum atomic E-state index is -0.641. The largest absolute Gasteiger partial charge is 0.420 e. The van der Waals surface area contributed by atoms with E-state index in [2.05, 4.69) is 28.9 Å². The normalized spacial score (nSPS) is 18.3. The zero-order chi connectivity index (χ0) is 53.4. The van der Waals surface area contributed by atoms with E-state index in [1.807, 2.05) is 107 Å². The van der Waals surface area contributed by atoms with Gasteiger partial charge in [0.05, 0.1) is 36.8 Å². The Kier molecular flexibility index (Phi) is 22.7. The zero-order valence-electron chi connectivity index (χ0n) is 45.5. The fourth-order valence-electron chi connectivity index (χ4n) is 11.1. The van der Waals surface area contributed by atoms with Crippen LogP contribution in [0, 0.1) is 29.6 Å². The first-order chi connectivity index (χ1) is 34.9. The molecule has 15 heteroatoms. The van der Waals surface area contributed by atoms with Crippen molar-refractivity contribution in [3.05, 3.63) is 84.3 Å². The summed E-state index contributed by atoms with van der Waals surface area (Å²) >= 11 is 0. The first-order valence-corrected chi connectivity index (χ1v) is 26.8. The molecule has 73 heavy (non-hydrogen) atoms. The third kappa shape index (κ3) is 15.6. The van der Waals surface area contributed by atoms with Gasteiger partial charge < -0.3 is 23.7 Å². The fourth-order valence-corrected chi connectivity index (χ4v) is 11.1. The Labute approximate surface area is 434 Å². The second-order valence-corrected chi connectivity index (χ2v) is 21.2. The molecule has 0 radical (unpaired) electrons. The highest BCUT2D eigenvalue weighted by Gasteiger charge is 2.44. The summed E-state index contributed by atoms with van der Waals surface area (Å²) < 4.78 is 18.5. The highest BCUT2D eigenvalue weighted by Crippen LogP contribution is 2.34. The third-order valence-corrected chi connectivity index (χ3v) is 15.5. The second-order valence-electron chi connectivity index (χ2n) is 21.2. The number of rotatable bonds is 31. The standard InChI is InChI=1S/C58H84N6O9/c1-12-40(6)54(62(9)58(70)45(38(2)3)36-48(66)53(39(4)5)61(8)31-21-13-14-22-32-64-50(67)29-30-51(64)68)49(71-10)37-52(69)63-33-23-28-46(63)55(72-11)41(7)47(65)35-44(34-42-24-17-15-18-25-42)57-60-59-56(73-57)43-26-19-16-20-27-43/h15-20,24-27,29-30,38-41,44-46,49,53-55H,12-14,21-23,28,31-37H2,1-11H3/t40-,41-,44+,45-,46-,49+,53-,54-,55+/m0/s1. The van der Waals surface area contributed by atoms with Crippen LogP contribution in [-0.2, 0) is 44.7 Å². The Morgan fingerprint density at radius 3 is 2.03 bits per heavy atom. The lowest BCUT2D eigenvalue weighted by Gasteiger charge is -2.41. The lowest BCUT2D eigenvalue weighted by molar-refractivity contribution is -0.149. The van der Waals surface area contributed by atoms with Crippen LogP contribution in [0.1, 0.15) is 130 Å². The Morgan fingerprint density at radius 1 is 0.781 bits per heavy atom. The molecule has 2 aliphatic rings. The number of hydrogen-bond donors (Lipinski definition) is 0. The number of imide groups is 1. The molecule has 3 heterocycles. The number of benzene rings is 2. The molecule has 0 N–H and O–H groups in total. The SMILES string of the molecule is CC[C@H](C)[C@@H]([C@@H](CC(=O)N1CCC[C@H]1[C@H](OC)[C@@H](C)C(=O)C[C@@H](Cc1ccccc1)c1nnc(-c2ccccc2)o1)OC)N(C)C(=O)[C@@H](CC(=O)[C@H](C(C)C)N(C)CCCCCCN1C(=O)C=CC1=O)C(C)C. The Hall–Kier alpha value is -5.38. The van der Waals surface area contributed by atoms with E-state index < -0.39 is 30.1 Å². The van der Waals surface area contributed by atoms with E-state index in [0.29, 0.717) is 44.3 Å². The number of carbonyl (C=O) groups is 6. The van der Waals surface area contributed by atoms with Crippen LogP contribution in [0.4, 0.5) is 0 Å². The van der Waals surface area contributed by atoms with Crippen molar-refractivity contribution in [2.75, 3.05) is 47.9 Å². The van der Waals surface area contributed by atoms with E-state index in [0.717, 1.165) is 49.7 Å². The van der Waals surface area contributed by atoms with Gasteiger partial charge in [-0.15, -0.1) is 10.2 Å². The van der Waals surface area contributed by atoms with Crippen molar-refractivity contribution in [1.29, 1.82) is 0 Å². The van der Waals surface area contributed by atoms with Crippen LogP contribution in [-0.4, -0.2) is 143 Å². The predicted octanol–water partition coefficient (Wildman–Crippen LogP) is 8.62. The number of likely N-dealkylation sites (N-methyl/N-ethyl adjacent to an activating group) is 2. The van der Waals surface area contributed by atoms with E-state index in [-0.39, 0.29) is 90.2 Å². The van der Waals surface area contributed by atoms with Crippen molar-refractivity contribution in [2.45, 2.75) is 155 Å². The topological polar surface area (TPSA) is 173 Å². The van der Waals surface area contributed by atoms with Crippen molar-refractivity contribution in [3.63, 3.8) is 0 Å². The molecule has 2 aromatic carbocycles. The fraction of sp³-hybridized carbons (Fsp3) is 0.621. The zero-order valence-corrected chi connectivity index (χ0v) is 45.5. The number of ketones is 2. The summed E-state index contributed by atoms with van der Waals surface area (Å²) in [4.78, 5) is 88.8. The van der Waals surface area contributed by atoms with Crippen LogP contribution in [0.2, 0.25) is 0 Å². The quantitative estimate of drug-likeness (QED) is 0.0445. The summed E-state index contributed by atoms with van der Waals surface area (Å²) in [6.07, 6.45) is 7.66. The third-order valence-electron chi connectivity index (χ3n) is 15.5. The van der Waals surface area contributed by atoms with Gasteiger partial charge >= 0.3 is 0 Å². The number of carbonyl (C=O) groups excluding carboxylic acids is 6. The van der Waals surface area contributed by atoms with E-state index in [1.54, 1.807) is 26.2 Å². The lowest BCUT2D eigenvalue weighted by atomic mass is 9.83. The smallest absolute Gasteiger partial charge is 0.253 e. The lowest BCUT2D eigenvalue weighted by Crippen LogP contribution is -2.54. The number of amides is 4. The number of unbranched alkanes of at least 4 members (excludes halogenated alkanes) is 3. The van der Waals surface area contributed by atoms with Crippen LogP contribution < -0.4 is 0 Å². The number of nitrogens with zero attached hydrogens (tertiary/aromatic N) is 6. The number of methoxy groups -OCH3 is 2. The van der Waals surface area contributed by atoms with Crippen LogP contribution in [0.3, 0.4) is 0 Å². The van der Waals surface area contributed by atoms with Crippen LogP contribution >= 0.6 is 0 Å². The van der Waals surface area contributed by atoms with Gasteiger partial charge in [0.15, 0.2) is 5.78 Å². The minimum Gasteiger partial charge on any atom is -0.420 e. The molecular formula is C58H84N6O9. The van der Waals surface area contributed by atoms with E-state index >= 15 is 0 Å². The van der Waals surface area contributed by atoms with Gasteiger partial charge in [0.25, 0.3) is 11.8 Å². The Balaban J connectivity index is 1.23. The van der Waals surface area contributed by atoms with Crippen LogP contribution in [0.5, 0.6) is 0 Å². The molecule has 2 aliphatic heterocycles. The van der Waals surface area contributed by atoms with E-state index in [9.17, 15) is 28.8 Å². The van der Waals surface area contributed by atoms with Crippen LogP contribution in [0.15, 0.2) is 77.2 Å². The highest BCUT2D eigenvalue weighted by atomic mass is 16.5. The van der Waals surface area contributed by atoms with Gasteiger partial charge in [0.2, 0.25) is 23.6 Å². The molecule has 3 aromatic rings. The maximum absolute atomic E-state index is 14.8. The summed E-state index contributed by atoms with van der Waals surface area (Å²) in [6, 6.07) is 18.3. The van der Waals surface area contributed by atoms with Crippen LogP contribution in [0.25, 0.3) is 11.5 Å². The number of aromatic nitrogens is 2. The van der Waals surface area contributed by atoms with Crippen molar-refractivity contribution in [2.24, 2.45) is 29.6 Å². The molecule has 0 spiro atoms. The monoisotopic (exact) mass is 1010 g/mol. The average molecular weight is 1010 g/mol. The van der Waals surface area contributed by atoms with E-state index in [4.69, 9.17) is 13.9 Å². The van der Waals surface area contributed by atoms with Gasteiger partial charge in [-0.1, -0.05) is 116 Å². The molecule has 0 bridgehead atoms. The number of Topliss-reactive ketones (excluding diaryl/α,β-unsaturated/α-hetero) is 2. The summed E-state index contributed by atoms with van der Waals surface area (Å²) in [7, 11) is 6.93. The second kappa shape index (κ2) is 28.3. The minimum absolute atomic E-state index is 0.0182. The van der Waals surface area contributed by atoms with E-state index in [1.165, 1.54) is 17.1 Å². The summed E-state index contributed by atoms with van der Waals surface area (Å²) in [5.41, 5.74) is 1.84. The van der Waals surface area contributed by atoms with Gasteiger partial charge in [-0.3, -0.25) is 38.6 Å². The van der Waals surface area contributed by atoms with Crippen molar-refractivity contribution in [1.82, 2.24) is 29.8 Å². The molecule has 9 atom stereocenters. The number of hydrogen-bond acceptors (Lipinski definition) is 12. The Bertz CT molecular complexity index is 2270. The summed E-state index contributed by atoms with van der Waals surface area (Å²) in [5.74, 6) is -1.69. The molecule has 1 fully saturated rings. The van der Waals surface area contributed by atoms with Crippen molar-refractivity contribution in [3.8, 4) is 11.5 Å². The predicted molar refractivity (Wildman–Crippen MR) is 282 cm³/mol. The molecule has 1 saturated heterocycles. The van der Waals surface area contributed by atoms with Gasteiger partial charge in [-0.25, -0.2) is 0 Å². The molecule has 15 nitrogen and oxygen atoms in total. The van der Waals surface area contributed by atoms with Gasteiger partial charge in [0.1, 0.15) is 5.78 Å². The average Bonchev–Trinajstić information content (AvgIpc) is 4.15. The first-order valence-electron chi connectivity index (χ1n) is 26.8.